The number of hydrogen-bond donors (Lipinski definition) is 1. The van der Waals surface area contributed by atoms with Gasteiger partial charge in [-0.3, -0.25) is 14.9 Å². The highest BCUT2D eigenvalue weighted by molar-refractivity contribution is 7.10. The van der Waals surface area contributed by atoms with E-state index >= 15 is 0 Å². The first-order valence-electron chi connectivity index (χ1n) is 7.75. The Morgan fingerprint density at radius 3 is 2.54 bits per heavy atom. The van der Waals surface area contributed by atoms with Gasteiger partial charge in [-0.15, -0.1) is 11.3 Å². The number of nitrogens with one attached hydrogen (secondary N) is 1. The van der Waals surface area contributed by atoms with Crippen LogP contribution in [-0.4, -0.2) is 30.6 Å². The molecule has 1 saturated heterocycles. The summed E-state index contributed by atoms with van der Waals surface area (Å²) in [5.41, 5.74) is 0.308. The number of carbonyl (C=O) groups excluding carboxylic acids is 1. The van der Waals surface area contributed by atoms with E-state index in [0.29, 0.717) is 25.3 Å². The molecule has 0 bridgehead atoms. The molecule has 0 atom stereocenters. The zero-order valence-electron chi connectivity index (χ0n) is 13.1. The van der Waals surface area contributed by atoms with Crippen LogP contribution in [0.2, 0.25) is 0 Å². The van der Waals surface area contributed by atoms with E-state index in [-0.39, 0.29) is 17.0 Å². The molecule has 7 heteroatoms. The number of nitro groups is 1. The SMILES string of the molecule is O=C(NCC1(c2cccs2)CCOCC1)c1ccc([N+](=O)[O-])cc1. The summed E-state index contributed by atoms with van der Waals surface area (Å²) in [5, 5.41) is 15.7. The molecule has 1 fully saturated rings. The molecular weight excluding hydrogens is 328 g/mol. The normalized spacial score (nSPS) is 16.5. The van der Waals surface area contributed by atoms with E-state index in [2.05, 4.69) is 11.4 Å². The summed E-state index contributed by atoms with van der Waals surface area (Å²) < 4.78 is 5.48. The van der Waals surface area contributed by atoms with Crippen molar-refractivity contribution >= 4 is 22.9 Å². The first-order chi connectivity index (χ1) is 11.6. The van der Waals surface area contributed by atoms with Gasteiger partial charge in [0.15, 0.2) is 0 Å². The highest BCUT2D eigenvalue weighted by atomic mass is 32.1. The van der Waals surface area contributed by atoms with Gasteiger partial charge in [0.1, 0.15) is 0 Å². The van der Waals surface area contributed by atoms with Crippen molar-refractivity contribution in [2.24, 2.45) is 0 Å². The maximum atomic E-state index is 12.4. The number of nitro benzene ring substituents is 1. The predicted octanol–water partition coefficient (Wildman–Crippen LogP) is 3.13. The third kappa shape index (κ3) is 3.47. The van der Waals surface area contributed by atoms with Gasteiger partial charge in [-0.25, -0.2) is 0 Å². The lowest BCUT2D eigenvalue weighted by molar-refractivity contribution is -0.384. The molecule has 1 aromatic carbocycles. The fourth-order valence-corrected chi connectivity index (χ4v) is 3.93. The summed E-state index contributed by atoms with van der Waals surface area (Å²) in [6.07, 6.45) is 1.74. The van der Waals surface area contributed by atoms with Gasteiger partial charge in [0.25, 0.3) is 11.6 Å². The first kappa shape index (κ1) is 16.6. The third-order valence-corrected chi connectivity index (χ3v) is 5.54. The number of nitrogens with zero attached hydrogens (tertiary/aromatic N) is 1. The van der Waals surface area contributed by atoms with Gasteiger partial charge in [0.2, 0.25) is 0 Å². The number of non-ortho nitro benzene ring substituents is 1. The zero-order valence-corrected chi connectivity index (χ0v) is 13.9. The monoisotopic (exact) mass is 346 g/mol. The quantitative estimate of drug-likeness (QED) is 0.666. The third-order valence-electron chi connectivity index (χ3n) is 4.42. The van der Waals surface area contributed by atoms with Gasteiger partial charge >= 0.3 is 0 Å². The van der Waals surface area contributed by atoms with Crippen LogP contribution in [0.4, 0.5) is 5.69 Å². The van der Waals surface area contributed by atoms with Crippen LogP contribution in [0.15, 0.2) is 41.8 Å². The number of ether oxygens (including phenoxy) is 1. The van der Waals surface area contributed by atoms with E-state index in [1.165, 1.54) is 29.1 Å². The molecule has 6 nitrogen and oxygen atoms in total. The first-order valence-corrected chi connectivity index (χ1v) is 8.63. The van der Waals surface area contributed by atoms with Crippen molar-refractivity contribution in [1.29, 1.82) is 0 Å². The summed E-state index contributed by atoms with van der Waals surface area (Å²) in [6.45, 7) is 1.91. The van der Waals surface area contributed by atoms with E-state index < -0.39 is 4.92 Å². The van der Waals surface area contributed by atoms with Crippen molar-refractivity contribution in [2.75, 3.05) is 19.8 Å². The fraction of sp³-hybridized carbons (Fsp3) is 0.353. The highest BCUT2D eigenvalue weighted by Crippen LogP contribution is 2.37. The molecule has 0 saturated carbocycles. The number of benzene rings is 1. The number of rotatable bonds is 5. The van der Waals surface area contributed by atoms with Crippen LogP contribution >= 0.6 is 11.3 Å². The standard InChI is InChI=1S/C17H18N2O4S/c20-16(13-3-5-14(6-4-13)19(21)22)18-12-17(7-9-23-10-8-17)15-2-1-11-24-15/h1-6,11H,7-10,12H2,(H,18,20). The van der Waals surface area contributed by atoms with Gasteiger partial charge in [0.05, 0.1) is 4.92 Å². The number of carbonyl (C=O) groups is 1. The summed E-state index contributed by atoms with van der Waals surface area (Å²) in [7, 11) is 0. The van der Waals surface area contributed by atoms with E-state index in [1.807, 2.05) is 11.4 Å². The average molecular weight is 346 g/mol. The Labute approximate surface area is 143 Å². The maximum absolute atomic E-state index is 12.4. The Bertz CT molecular complexity index is 707. The van der Waals surface area contributed by atoms with Crippen LogP contribution in [0, 0.1) is 10.1 Å². The minimum Gasteiger partial charge on any atom is -0.381 e. The van der Waals surface area contributed by atoms with Crippen LogP contribution < -0.4 is 5.32 Å². The van der Waals surface area contributed by atoms with Gasteiger partial charge in [-0.1, -0.05) is 6.07 Å². The Morgan fingerprint density at radius 2 is 1.96 bits per heavy atom. The molecule has 0 unspecified atom stereocenters. The Hall–Kier alpha value is -2.25. The number of hydrogen-bond acceptors (Lipinski definition) is 5. The van der Waals surface area contributed by atoms with Crippen molar-refractivity contribution in [3.63, 3.8) is 0 Å². The fourth-order valence-electron chi connectivity index (χ4n) is 2.94. The van der Waals surface area contributed by atoms with Crippen molar-refractivity contribution in [3.8, 4) is 0 Å². The van der Waals surface area contributed by atoms with Crippen molar-refractivity contribution < 1.29 is 14.5 Å². The average Bonchev–Trinajstić information content (AvgIpc) is 3.16. The summed E-state index contributed by atoms with van der Waals surface area (Å²) >= 11 is 1.70. The Morgan fingerprint density at radius 1 is 1.25 bits per heavy atom. The molecule has 2 aromatic rings. The minimum atomic E-state index is -0.477. The second kappa shape index (κ2) is 7.11. The predicted molar refractivity (Wildman–Crippen MR) is 91.5 cm³/mol. The lowest BCUT2D eigenvalue weighted by Gasteiger charge is -2.36. The molecule has 1 aromatic heterocycles. The molecule has 1 N–H and O–H groups in total. The lowest BCUT2D eigenvalue weighted by atomic mass is 9.78. The van der Waals surface area contributed by atoms with Crippen molar-refractivity contribution in [2.45, 2.75) is 18.3 Å². The van der Waals surface area contributed by atoms with Gasteiger partial charge < -0.3 is 10.1 Å². The summed E-state index contributed by atoms with van der Waals surface area (Å²) in [5.74, 6) is -0.215. The molecule has 0 spiro atoms. The van der Waals surface area contributed by atoms with Crippen LogP contribution in [0.5, 0.6) is 0 Å². The molecule has 1 aliphatic rings. The Balaban J connectivity index is 1.70. The van der Waals surface area contributed by atoms with Gasteiger partial charge in [-0.2, -0.15) is 0 Å². The van der Waals surface area contributed by atoms with Gasteiger partial charge in [0, 0.05) is 47.7 Å². The highest BCUT2D eigenvalue weighted by Gasteiger charge is 2.35. The number of amides is 1. The van der Waals surface area contributed by atoms with Crippen LogP contribution in [0.25, 0.3) is 0 Å². The minimum absolute atomic E-state index is 0.0222. The summed E-state index contributed by atoms with van der Waals surface area (Å²) in [6, 6.07) is 9.78. The second-order valence-electron chi connectivity index (χ2n) is 5.86. The molecule has 3 rings (SSSR count). The molecular formula is C17H18N2O4S. The molecule has 24 heavy (non-hydrogen) atoms. The summed E-state index contributed by atoms with van der Waals surface area (Å²) in [4.78, 5) is 23.8. The molecule has 2 heterocycles. The van der Waals surface area contributed by atoms with E-state index in [1.54, 1.807) is 11.3 Å². The molecule has 1 amide bonds. The molecule has 126 valence electrons. The zero-order chi connectivity index (χ0) is 17.0. The topological polar surface area (TPSA) is 81.5 Å². The largest absolute Gasteiger partial charge is 0.381 e. The molecule has 0 aliphatic carbocycles. The van der Waals surface area contributed by atoms with Crippen LogP contribution in [0.1, 0.15) is 28.1 Å². The smallest absolute Gasteiger partial charge is 0.269 e. The molecule has 1 aliphatic heterocycles. The Kier molecular flexibility index (Phi) is 4.92. The van der Waals surface area contributed by atoms with Crippen molar-refractivity contribution in [1.82, 2.24) is 5.32 Å². The van der Waals surface area contributed by atoms with Crippen LogP contribution in [-0.2, 0) is 10.2 Å². The van der Waals surface area contributed by atoms with Gasteiger partial charge in [-0.05, 0) is 36.4 Å². The molecule has 0 radical (unpaired) electrons. The van der Waals surface area contributed by atoms with E-state index in [0.717, 1.165) is 12.8 Å². The van der Waals surface area contributed by atoms with Crippen LogP contribution in [0.3, 0.4) is 0 Å². The second-order valence-corrected chi connectivity index (χ2v) is 6.80. The van der Waals surface area contributed by atoms with E-state index in [4.69, 9.17) is 4.74 Å². The van der Waals surface area contributed by atoms with E-state index in [9.17, 15) is 14.9 Å². The number of thiophene rings is 1. The van der Waals surface area contributed by atoms with Crippen molar-refractivity contribution in [3.05, 3.63) is 62.3 Å². The lowest BCUT2D eigenvalue weighted by Crippen LogP contribution is -2.44. The maximum Gasteiger partial charge on any atom is 0.269 e.